The monoisotopic (exact) mass is 506 g/mol. The van der Waals surface area contributed by atoms with E-state index in [0.29, 0.717) is 25.4 Å². The zero-order valence-electron chi connectivity index (χ0n) is 22.1. The lowest BCUT2D eigenvalue weighted by Gasteiger charge is -2.38. The number of carbonyl (C=O) groups is 2. The molecular weight excluding hydrogens is 464 g/mol. The van der Waals surface area contributed by atoms with Gasteiger partial charge in [-0.25, -0.2) is 0 Å². The number of ether oxygens (including phenoxy) is 4. The smallest absolute Gasteiger partial charge is 0.303 e. The number of ketones is 1. The molecule has 36 heavy (non-hydrogen) atoms. The summed E-state index contributed by atoms with van der Waals surface area (Å²) in [6.07, 6.45) is 9.60. The minimum absolute atomic E-state index is 0.00918. The van der Waals surface area contributed by atoms with E-state index in [0.717, 1.165) is 18.4 Å². The third-order valence-electron chi connectivity index (χ3n) is 7.44. The molecule has 3 aliphatic heterocycles. The average Bonchev–Trinajstić information content (AvgIpc) is 3.59. The van der Waals surface area contributed by atoms with Crippen molar-refractivity contribution in [1.82, 2.24) is 0 Å². The number of allylic oxidation sites excluding steroid dienone is 3. The van der Waals surface area contributed by atoms with Gasteiger partial charge < -0.3 is 29.2 Å². The molecule has 2 N–H and O–H groups in total. The second-order valence-corrected chi connectivity index (χ2v) is 10.6. The number of carbonyl (C=O) groups excluding carboxylic acids is 2. The molecule has 3 fully saturated rings. The van der Waals surface area contributed by atoms with Gasteiger partial charge in [-0.1, -0.05) is 30.7 Å². The van der Waals surface area contributed by atoms with Crippen LogP contribution >= 0.6 is 0 Å². The van der Waals surface area contributed by atoms with E-state index in [-0.39, 0.29) is 42.6 Å². The summed E-state index contributed by atoms with van der Waals surface area (Å²) in [5, 5.41) is 20.1. The summed E-state index contributed by atoms with van der Waals surface area (Å²) in [5.74, 6) is 0.0837. The molecule has 3 saturated heterocycles. The van der Waals surface area contributed by atoms with E-state index in [2.05, 4.69) is 13.0 Å². The molecule has 0 aliphatic carbocycles. The highest BCUT2D eigenvalue weighted by Gasteiger charge is 2.58. The third kappa shape index (κ3) is 7.83. The van der Waals surface area contributed by atoms with Crippen LogP contribution in [0.25, 0.3) is 0 Å². The van der Waals surface area contributed by atoms with E-state index in [9.17, 15) is 19.8 Å². The van der Waals surface area contributed by atoms with Crippen molar-refractivity contribution in [3.63, 3.8) is 0 Å². The van der Waals surface area contributed by atoms with Crippen LogP contribution in [0.1, 0.15) is 60.3 Å². The number of hydrogen-bond donors (Lipinski definition) is 2. The Kier molecular flexibility index (Phi) is 10.1. The van der Waals surface area contributed by atoms with E-state index in [1.165, 1.54) is 13.0 Å². The van der Waals surface area contributed by atoms with Crippen molar-refractivity contribution < 1.29 is 38.7 Å². The number of rotatable bonds is 10. The van der Waals surface area contributed by atoms with Crippen LogP contribution in [0.3, 0.4) is 0 Å². The maximum absolute atomic E-state index is 12.4. The fourth-order valence-electron chi connectivity index (χ4n) is 5.16. The van der Waals surface area contributed by atoms with Gasteiger partial charge in [-0.05, 0) is 57.6 Å². The molecule has 3 rings (SSSR count). The molecule has 0 saturated carbocycles. The van der Waals surface area contributed by atoms with Gasteiger partial charge in [0.05, 0.1) is 31.5 Å². The Hall–Kier alpha value is -1.84. The van der Waals surface area contributed by atoms with E-state index < -0.39 is 23.9 Å². The molecule has 0 aromatic heterocycles. The highest BCUT2D eigenvalue weighted by Crippen LogP contribution is 2.42. The molecule has 1 unspecified atom stereocenters. The lowest BCUT2D eigenvalue weighted by molar-refractivity contribution is -0.143. The molecule has 0 aromatic rings. The lowest BCUT2D eigenvalue weighted by atomic mass is 9.81. The predicted molar refractivity (Wildman–Crippen MR) is 134 cm³/mol. The fraction of sp³-hybridized carbons (Fsp3) is 0.714. The molecule has 9 atom stereocenters. The molecule has 0 radical (unpaired) electrons. The van der Waals surface area contributed by atoms with Crippen LogP contribution in [0.2, 0.25) is 0 Å². The van der Waals surface area contributed by atoms with Crippen molar-refractivity contribution in [3.8, 4) is 0 Å². The largest absolute Gasteiger partial charge is 0.459 e. The molecule has 0 amide bonds. The summed E-state index contributed by atoms with van der Waals surface area (Å²) < 4.78 is 22.6. The number of aliphatic hydroxyl groups is 2. The zero-order chi connectivity index (χ0) is 26.5. The Morgan fingerprint density at radius 1 is 1.19 bits per heavy atom. The second-order valence-electron chi connectivity index (χ2n) is 10.6. The average molecular weight is 507 g/mol. The normalized spacial score (nSPS) is 38.0. The van der Waals surface area contributed by atoms with Crippen molar-refractivity contribution in [1.29, 1.82) is 0 Å². The van der Waals surface area contributed by atoms with Crippen molar-refractivity contribution in [2.24, 2.45) is 11.8 Å². The van der Waals surface area contributed by atoms with Crippen LogP contribution in [-0.4, -0.2) is 77.4 Å². The molecule has 8 heteroatoms. The van der Waals surface area contributed by atoms with Crippen LogP contribution in [0.5, 0.6) is 0 Å². The summed E-state index contributed by atoms with van der Waals surface area (Å²) in [5.41, 5.74) is 0.462. The molecule has 0 aromatic carbocycles. The lowest BCUT2D eigenvalue weighted by Crippen LogP contribution is -2.50. The molecule has 202 valence electrons. The molecule has 1 spiro atoms. The highest BCUT2D eigenvalue weighted by molar-refractivity contribution is 5.89. The molecular formula is C28H42O8. The highest BCUT2D eigenvalue weighted by atomic mass is 16.6. The van der Waals surface area contributed by atoms with E-state index in [1.807, 2.05) is 26.0 Å². The van der Waals surface area contributed by atoms with Gasteiger partial charge in [-0.2, -0.15) is 0 Å². The van der Waals surface area contributed by atoms with Gasteiger partial charge in [0.25, 0.3) is 0 Å². The van der Waals surface area contributed by atoms with Crippen LogP contribution < -0.4 is 0 Å². The zero-order valence-corrected chi connectivity index (χ0v) is 22.1. The molecule has 0 bridgehead atoms. The standard InChI is InChI=1S/C28H42O8/c1-17(7-11-26-27(32)28(16-33-28)14-24(15-29)36-26)6-10-25-18(2)12-22(20(4)35-25)13-23(31)9-8-19(3)34-21(5)30/h6-9,11,18-20,22,24-27,29,32H,10,12-16H2,1-5H3/b9-8-,11-7+,17-6+/t18-,19-,20+,22-,24-,25-,26?,27+,28+/m0/s1. The van der Waals surface area contributed by atoms with Gasteiger partial charge in [0, 0.05) is 19.8 Å². The van der Waals surface area contributed by atoms with Crippen molar-refractivity contribution in [2.75, 3.05) is 13.2 Å². The first-order chi connectivity index (χ1) is 17.0. The van der Waals surface area contributed by atoms with Crippen LogP contribution in [0.15, 0.2) is 36.0 Å². The first-order valence-corrected chi connectivity index (χ1v) is 13.0. The number of esters is 1. The SMILES string of the molecule is CC(=O)O[C@@H](C)/C=C\C(=O)C[C@@H]1C[C@H](C)[C@H](C/C=C(C)/C=C/C2O[C@H](CO)C[C@@]3(CO3)[C@@H]2O)O[C@@H]1C. The van der Waals surface area contributed by atoms with Gasteiger partial charge in [-0.3, -0.25) is 9.59 Å². The Labute approximate surface area is 214 Å². The van der Waals surface area contributed by atoms with E-state index in [4.69, 9.17) is 18.9 Å². The summed E-state index contributed by atoms with van der Waals surface area (Å²) in [4.78, 5) is 23.4. The predicted octanol–water partition coefficient (Wildman–Crippen LogP) is 3.06. The first-order valence-electron chi connectivity index (χ1n) is 13.0. The van der Waals surface area contributed by atoms with Gasteiger partial charge in [0.2, 0.25) is 0 Å². The van der Waals surface area contributed by atoms with Gasteiger partial charge in [-0.15, -0.1) is 0 Å². The fourth-order valence-corrected chi connectivity index (χ4v) is 5.16. The Bertz CT molecular complexity index is 858. The van der Waals surface area contributed by atoms with Crippen LogP contribution in [0, 0.1) is 11.8 Å². The van der Waals surface area contributed by atoms with Crippen molar-refractivity contribution >= 4 is 11.8 Å². The van der Waals surface area contributed by atoms with Gasteiger partial charge in [0.15, 0.2) is 5.78 Å². The minimum atomic E-state index is -0.744. The van der Waals surface area contributed by atoms with Gasteiger partial charge in [0.1, 0.15) is 23.9 Å². The van der Waals surface area contributed by atoms with Crippen molar-refractivity contribution in [3.05, 3.63) is 36.0 Å². The molecule has 3 heterocycles. The Balaban J connectivity index is 1.48. The second kappa shape index (κ2) is 12.6. The number of epoxide rings is 1. The first kappa shape index (κ1) is 28.7. The summed E-state index contributed by atoms with van der Waals surface area (Å²) in [6.45, 7) is 9.65. The van der Waals surface area contributed by atoms with Crippen molar-refractivity contribution in [2.45, 2.75) is 103 Å². The Morgan fingerprint density at radius 3 is 2.56 bits per heavy atom. The maximum Gasteiger partial charge on any atom is 0.303 e. The van der Waals surface area contributed by atoms with E-state index >= 15 is 0 Å². The van der Waals surface area contributed by atoms with E-state index in [1.54, 1.807) is 13.0 Å². The summed E-state index contributed by atoms with van der Waals surface area (Å²) in [7, 11) is 0. The summed E-state index contributed by atoms with van der Waals surface area (Å²) in [6, 6.07) is 0. The summed E-state index contributed by atoms with van der Waals surface area (Å²) >= 11 is 0. The van der Waals surface area contributed by atoms with Crippen LogP contribution in [0.4, 0.5) is 0 Å². The Morgan fingerprint density at radius 2 is 1.92 bits per heavy atom. The topological polar surface area (TPSA) is 115 Å². The third-order valence-corrected chi connectivity index (χ3v) is 7.44. The van der Waals surface area contributed by atoms with Gasteiger partial charge >= 0.3 is 5.97 Å². The molecule has 3 aliphatic rings. The number of aliphatic hydroxyl groups excluding tert-OH is 2. The number of hydrogen-bond acceptors (Lipinski definition) is 8. The molecule has 8 nitrogen and oxygen atoms in total. The maximum atomic E-state index is 12.4. The quantitative estimate of drug-likeness (QED) is 0.201. The van der Waals surface area contributed by atoms with Crippen LogP contribution in [-0.2, 0) is 28.5 Å². The minimum Gasteiger partial charge on any atom is -0.459 e.